The minimum atomic E-state index is 0.913. The van der Waals surface area contributed by atoms with Gasteiger partial charge in [0.25, 0.3) is 0 Å². The molecule has 144 valence electrons. The van der Waals surface area contributed by atoms with Crippen LogP contribution in [0.1, 0.15) is 17.0 Å². The predicted molar refractivity (Wildman–Crippen MR) is 120 cm³/mol. The first-order valence-corrected chi connectivity index (χ1v) is 10.3. The van der Waals surface area contributed by atoms with Crippen molar-refractivity contribution in [1.82, 2.24) is 19.7 Å². The van der Waals surface area contributed by atoms with Gasteiger partial charge in [-0.1, -0.05) is 48.5 Å². The maximum Gasteiger partial charge on any atom is 0.164 e. The number of aromatic nitrogens is 4. The maximum absolute atomic E-state index is 5.18. The van der Waals surface area contributed by atoms with Gasteiger partial charge in [0.2, 0.25) is 0 Å². The Labute approximate surface area is 174 Å². The van der Waals surface area contributed by atoms with Crippen LogP contribution in [0.2, 0.25) is 0 Å². The molecule has 0 amide bonds. The van der Waals surface area contributed by atoms with E-state index in [9.17, 15) is 0 Å². The normalized spacial score (nSPS) is 12.6. The van der Waals surface area contributed by atoms with E-state index in [0.717, 1.165) is 46.5 Å². The molecule has 4 nitrogen and oxygen atoms in total. The van der Waals surface area contributed by atoms with Gasteiger partial charge in [-0.2, -0.15) is 5.10 Å². The fraction of sp³-hybridized carbons (Fsp3) is 0.115. The van der Waals surface area contributed by atoms with Crippen molar-refractivity contribution in [3.05, 3.63) is 96.1 Å². The molecule has 3 heterocycles. The number of rotatable bonds is 2. The molecule has 0 unspecified atom stereocenters. The van der Waals surface area contributed by atoms with Crippen molar-refractivity contribution < 1.29 is 0 Å². The van der Waals surface area contributed by atoms with Crippen LogP contribution in [0.25, 0.3) is 39.0 Å². The summed E-state index contributed by atoms with van der Waals surface area (Å²) in [5.41, 5.74) is 10.2. The van der Waals surface area contributed by atoms with Crippen LogP contribution < -0.4 is 0 Å². The first-order chi connectivity index (χ1) is 14.8. The molecule has 30 heavy (non-hydrogen) atoms. The van der Waals surface area contributed by atoms with E-state index >= 15 is 0 Å². The average Bonchev–Trinajstić information content (AvgIpc) is 3.14. The maximum atomic E-state index is 5.18. The molecule has 0 bridgehead atoms. The van der Waals surface area contributed by atoms with Gasteiger partial charge in [0, 0.05) is 29.1 Å². The fourth-order valence-corrected chi connectivity index (χ4v) is 4.62. The van der Waals surface area contributed by atoms with Crippen molar-refractivity contribution >= 4 is 11.0 Å². The zero-order valence-corrected chi connectivity index (χ0v) is 16.7. The summed E-state index contributed by atoms with van der Waals surface area (Å²) in [5, 5.41) is 6.01. The minimum Gasteiger partial charge on any atom is -0.264 e. The number of benzene rings is 2. The molecule has 0 atom stereocenters. The third-order valence-corrected chi connectivity index (χ3v) is 5.93. The highest BCUT2D eigenvalue weighted by Gasteiger charge is 2.26. The first kappa shape index (κ1) is 17.1. The number of fused-ring (bicyclic) bond motifs is 4. The number of para-hydroxylation sites is 1. The van der Waals surface area contributed by atoms with Crippen LogP contribution in [0.3, 0.4) is 0 Å². The Balaban J connectivity index is 1.77. The van der Waals surface area contributed by atoms with E-state index in [4.69, 9.17) is 10.1 Å². The molecule has 0 N–H and O–H groups in total. The van der Waals surface area contributed by atoms with Gasteiger partial charge >= 0.3 is 0 Å². The van der Waals surface area contributed by atoms with Gasteiger partial charge in [-0.05, 0) is 49.1 Å². The molecule has 4 heteroatoms. The SMILES string of the molecule is Cc1nn(-c2ccccc2)c2nc3c(c(-c4cccnc4)c12)-c1ccccc1CC3. The first-order valence-electron chi connectivity index (χ1n) is 10.3. The Morgan fingerprint density at radius 1 is 0.833 bits per heavy atom. The summed E-state index contributed by atoms with van der Waals surface area (Å²) in [7, 11) is 0. The second kappa shape index (κ2) is 6.63. The van der Waals surface area contributed by atoms with Gasteiger partial charge in [0.05, 0.1) is 22.5 Å². The van der Waals surface area contributed by atoms with Crippen LogP contribution in [0.4, 0.5) is 0 Å². The number of hydrogen-bond donors (Lipinski definition) is 0. The monoisotopic (exact) mass is 388 g/mol. The second-order valence-electron chi connectivity index (χ2n) is 7.74. The highest BCUT2D eigenvalue weighted by atomic mass is 15.3. The fourth-order valence-electron chi connectivity index (χ4n) is 4.62. The van der Waals surface area contributed by atoms with Crippen molar-refractivity contribution in [1.29, 1.82) is 0 Å². The Bertz CT molecular complexity index is 1390. The van der Waals surface area contributed by atoms with E-state index in [1.807, 2.05) is 41.3 Å². The lowest BCUT2D eigenvalue weighted by Gasteiger charge is -2.23. The van der Waals surface area contributed by atoms with E-state index in [2.05, 4.69) is 54.4 Å². The molecular weight excluding hydrogens is 368 g/mol. The standard InChI is InChI=1S/C26H20N4/c1-17-23-24(19-9-7-15-27-16-19)25-21-12-6-5-8-18(21)13-14-22(25)28-26(23)30(29-17)20-10-3-2-4-11-20/h2-12,15-16H,13-14H2,1H3. The molecular formula is C26H20N4. The zero-order chi connectivity index (χ0) is 20.1. The van der Waals surface area contributed by atoms with Crippen molar-refractivity contribution in [2.75, 3.05) is 0 Å². The van der Waals surface area contributed by atoms with Crippen LogP contribution >= 0.6 is 0 Å². The Morgan fingerprint density at radius 3 is 2.50 bits per heavy atom. The molecule has 6 rings (SSSR count). The van der Waals surface area contributed by atoms with Crippen LogP contribution in [0.15, 0.2) is 79.1 Å². The molecule has 0 radical (unpaired) electrons. The summed E-state index contributed by atoms with van der Waals surface area (Å²) < 4.78 is 1.98. The summed E-state index contributed by atoms with van der Waals surface area (Å²) in [6, 6.07) is 23.1. The average molecular weight is 388 g/mol. The Morgan fingerprint density at radius 2 is 1.67 bits per heavy atom. The molecule has 0 spiro atoms. The van der Waals surface area contributed by atoms with Gasteiger partial charge in [0.15, 0.2) is 5.65 Å². The Hall–Kier alpha value is -3.79. The summed E-state index contributed by atoms with van der Waals surface area (Å²) in [4.78, 5) is 9.60. The van der Waals surface area contributed by atoms with E-state index in [1.165, 1.54) is 22.3 Å². The van der Waals surface area contributed by atoms with Gasteiger partial charge in [0.1, 0.15) is 0 Å². The van der Waals surface area contributed by atoms with E-state index in [0.29, 0.717) is 0 Å². The lowest BCUT2D eigenvalue weighted by molar-refractivity contribution is 0.859. The highest BCUT2D eigenvalue weighted by molar-refractivity contribution is 6.04. The largest absolute Gasteiger partial charge is 0.264 e. The molecule has 0 aliphatic heterocycles. The van der Waals surface area contributed by atoms with Crippen molar-refractivity contribution in [3.8, 4) is 27.9 Å². The molecule has 0 saturated carbocycles. The van der Waals surface area contributed by atoms with Crippen molar-refractivity contribution in [2.24, 2.45) is 0 Å². The minimum absolute atomic E-state index is 0.913. The van der Waals surface area contributed by atoms with E-state index < -0.39 is 0 Å². The number of nitrogens with zero attached hydrogens (tertiary/aromatic N) is 4. The molecule has 1 aliphatic carbocycles. The lowest BCUT2D eigenvalue weighted by Crippen LogP contribution is -2.09. The van der Waals surface area contributed by atoms with Crippen molar-refractivity contribution in [3.63, 3.8) is 0 Å². The quantitative estimate of drug-likeness (QED) is 0.398. The number of pyridine rings is 2. The molecule has 5 aromatic rings. The van der Waals surface area contributed by atoms with Gasteiger partial charge in [-0.25, -0.2) is 9.67 Å². The third kappa shape index (κ3) is 2.50. The summed E-state index contributed by atoms with van der Waals surface area (Å²) in [5.74, 6) is 0. The van der Waals surface area contributed by atoms with Crippen LogP contribution in [0.5, 0.6) is 0 Å². The molecule has 1 aliphatic rings. The topological polar surface area (TPSA) is 43.6 Å². The molecule has 2 aromatic carbocycles. The third-order valence-electron chi connectivity index (χ3n) is 5.93. The summed E-state index contributed by atoms with van der Waals surface area (Å²) in [6.07, 6.45) is 5.70. The molecule has 3 aromatic heterocycles. The van der Waals surface area contributed by atoms with Gasteiger partial charge < -0.3 is 0 Å². The Kier molecular flexibility index (Phi) is 3.78. The second-order valence-corrected chi connectivity index (χ2v) is 7.74. The van der Waals surface area contributed by atoms with Crippen molar-refractivity contribution in [2.45, 2.75) is 19.8 Å². The van der Waals surface area contributed by atoms with Crippen LogP contribution in [0, 0.1) is 6.92 Å². The summed E-state index contributed by atoms with van der Waals surface area (Å²) >= 11 is 0. The van der Waals surface area contributed by atoms with E-state index in [-0.39, 0.29) is 0 Å². The summed E-state index contributed by atoms with van der Waals surface area (Å²) in [6.45, 7) is 2.07. The van der Waals surface area contributed by atoms with Gasteiger partial charge in [-0.15, -0.1) is 0 Å². The van der Waals surface area contributed by atoms with Crippen LogP contribution in [-0.4, -0.2) is 19.7 Å². The number of hydrogen-bond acceptors (Lipinski definition) is 3. The van der Waals surface area contributed by atoms with E-state index in [1.54, 1.807) is 0 Å². The predicted octanol–water partition coefficient (Wildman–Crippen LogP) is 5.56. The smallest absolute Gasteiger partial charge is 0.164 e. The highest BCUT2D eigenvalue weighted by Crippen LogP contribution is 2.44. The van der Waals surface area contributed by atoms with Crippen LogP contribution in [-0.2, 0) is 12.8 Å². The molecule has 0 saturated heterocycles. The molecule has 0 fully saturated rings. The lowest BCUT2D eigenvalue weighted by atomic mass is 9.83. The van der Waals surface area contributed by atoms with Gasteiger partial charge in [-0.3, -0.25) is 4.98 Å². The zero-order valence-electron chi connectivity index (χ0n) is 16.7. The number of aryl methyl sites for hydroxylation is 3.